The first-order valence-electron chi connectivity index (χ1n) is 5.44. The van der Waals surface area contributed by atoms with E-state index in [1.807, 2.05) is 40.9 Å². The van der Waals surface area contributed by atoms with E-state index in [1.165, 1.54) is 0 Å². The van der Waals surface area contributed by atoms with Gasteiger partial charge in [0.2, 0.25) is 5.60 Å². The average Bonchev–Trinajstić information content (AvgIpc) is 2.51. The Kier molecular flexibility index (Phi) is 2.37. The Balaban J connectivity index is 2.30. The van der Waals surface area contributed by atoms with Crippen molar-refractivity contribution in [3.8, 4) is 0 Å². The number of hydrogen-bond donors (Lipinski definition) is 0. The molecule has 1 aromatic heterocycles. The van der Waals surface area contributed by atoms with Gasteiger partial charge in [0.15, 0.2) is 0 Å². The Morgan fingerprint density at radius 1 is 1.38 bits per heavy atom. The van der Waals surface area contributed by atoms with Gasteiger partial charge in [-0.3, -0.25) is 4.68 Å². The fourth-order valence-corrected chi connectivity index (χ4v) is 1.77. The molecule has 5 heteroatoms. The number of hydrogen-bond acceptors (Lipinski definition) is 3. The van der Waals surface area contributed by atoms with E-state index in [0.717, 1.165) is 11.2 Å². The molecule has 0 radical (unpaired) electrons. The first kappa shape index (κ1) is 11.5. The van der Waals surface area contributed by atoms with Gasteiger partial charge in [0, 0.05) is 25.6 Å². The summed E-state index contributed by atoms with van der Waals surface area (Å²) in [5.74, 6) is 0. The molecule has 16 heavy (non-hydrogen) atoms. The molecule has 4 nitrogen and oxygen atoms in total. The molecular formula is C11H18BN2O2+. The van der Waals surface area contributed by atoms with Gasteiger partial charge in [-0.05, 0) is 20.8 Å². The van der Waals surface area contributed by atoms with Gasteiger partial charge in [-0.15, -0.1) is 0 Å². The van der Waals surface area contributed by atoms with Crippen molar-refractivity contribution >= 4 is 12.6 Å². The second kappa shape index (κ2) is 3.28. The fourth-order valence-electron chi connectivity index (χ4n) is 1.77. The lowest BCUT2D eigenvalue weighted by Crippen LogP contribution is -2.42. The minimum atomic E-state index is -0.542. The molecule has 1 aliphatic heterocycles. The van der Waals surface area contributed by atoms with Crippen molar-refractivity contribution in [2.45, 2.75) is 38.9 Å². The zero-order chi connectivity index (χ0) is 12.1. The normalized spacial score (nSPS) is 28.7. The summed E-state index contributed by atoms with van der Waals surface area (Å²) in [5, 5.41) is 4.29. The Bertz CT molecular complexity index is 396. The summed E-state index contributed by atoms with van der Waals surface area (Å²) in [6, 6.07) is 0. The highest BCUT2D eigenvalue weighted by atomic mass is 16.7. The molecule has 1 aliphatic rings. The Hall–Kier alpha value is -0.935. The van der Waals surface area contributed by atoms with Crippen LogP contribution in [0.25, 0.3) is 0 Å². The second-order valence-corrected chi connectivity index (χ2v) is 5.15. The fraction of sp³-hybridized carbons (Fsp3) is 0.636. The van der Waals surface area contributed by atoms with E-state index in [0.29, 0.717) is 0 Å². The van der Waals surface area contributed by atoms with Gasteiger partial charge in [0.05, 0.1) is 12.6 Å². The summed E-state index contributed by atoms with van der Waals surface area (Å²) in [5.41, 5.74) is 0.962. The van der Waals surface area contributed by atoms with Gasteiger partial charge >= 0.3 is 7.12 Å². The smallest absolute Gasteiger partial charge is 0.395 e. The maximum Gasteiger partial charge on any atom is 0.501 e. The van der Waals surface area contributed by atoms with E-state index >= 15 is 0 Å². The van der Waals surface area contributed by atoms with Gasteiger partial charge in [-0.25, -0.2) is 0 Å². The van der Waals surface area contributed by atoms with Crippen LogP contribution >= 0.6 is 0 Å². The maximum absolute atomic E-state index is 5.91. The van der Waals surface area contributed by atoms with Crippen LogP contribution in [0.3, 0.4) is 0 Å². The van der Waals surface area contributed by atoms with Gasteiger partial charge in [0.25, 0.3) is 0 Å². The summed E-state index contributed by atoms with van der Waals surface area (Å²) in [6.45, 7) is 11.9. The maximum atomic E-state index is 5.91. The zero-order valence-electron chi connectivity index (χ0n) is 10.6. The Morgan fingerprint density at radius 3 is 2.38 bits per heavy atom. The van der Waals surface area contributed by atoms with Crippen molar-refractivity contribution in [1.29, 1.82) is 0 Å². The predicted octanol–water partition coefficient (Wildman–Crippen LogP) is 0.842. The van der Waals surface area contributed by atoms with Crippen LogP contribution in [0.5, 0.6) is 0 Å². The molecular weight excluding hydrogens is 203 g/mol. The molecule has 0 spiro atoms. The van der Waals surface area contributed by atoms with E-state index in [1.54, 1.807) is 4.68 Å². The first-order chi connectivity index (χ1) is 7.23. The van der Waals surface area contributed by atoms with E-state index in [2.05, 4.69) is 12.0 Å². The standard InChI is InChI=1S/C11H18BN2O2/c1-8-9(7-14(6)13-8)12-15-10(2,3)11(4,5)16-12/h7H,2H2,1,3-6H3/q+1. The molecule has 1 fully saturated rings. The topological polar surface area (TPSA) is 36.3 Å². The zero-order valence-corrected chi connectivity index (χ0v) is 10.6. The summed E-state index contributed by atoms with van der Waals surface area (Å²) >= 11 is 0. The largest absolute Gasteiger partial charge is 0.501 e. The monoisotopic (exact) mass is 221 g/mol. The quantitative estimate of drug-likeness (QED) is 0.520. The van der Waals surface area contributed by atoms with Crippen LogP contribution in [0.2, 0.25) is 0 Å². The SMILES string of the molecule is [CH2+]C1(C)OB(c2cn(C)nc2C)OC1(C)C. The number of rotatable bonds is 1. The summed E-state index contributed by atoms with van der Waals surface area (Å²) in [4.78, 5) is 0. The summed E-state index contributed by atoms with van der Waals surface area (Å²) in [6.07, 6.45) is 1.93. The van der Waals surface area contributed by atoms with Crippen molar-refractivity contribution < 1.29 is 9.31 Å². The van der Waals surface area contributed by atoms with Gasteiger partial charge in [-0.1, -0.05) is 0 Å². The summed E-state index contributed by atoms with van der Waals surface area (Å²) < 4.78 is 13.5. The number of aromatic nitrogens is 2. The molecule has 2 heterocycles. The molecule has 1 aromatic rings. The third-order valence-electron chi connectivity index (χ3n) is 3.35. The molecule has 0 bridgehead atoms. The van der Waals surface area contributed by atoms with Gasteiger partial charge in [-0.2, -0.15) is 5.10 Å². The molecule has 86 valence electrons. The molecule has 2 rings (SSSR count). The van der Waals surface area contributed by atoms with Crippen LogP contribution < -0.4 is 5.46 Å². The van der Waals surface area contributed by atoms with Crippen molar-refractivity contribution in [3.63, 3.8) is 0 Å². The molecule has 0 amide bonds. The van der Waals surface area contributed by atoms with Crippen molar-refractivity contribution in [3.05, 3.63) is 18.8 Å². The minimum absolute atomic E-state index is 0.369. The molecule has 1 unspecified atom stereocenters. The van der Waals surface area contributed by atoms with Crippen LogP contribution in [0, 0.1) is 13.8 Å². The van der Waals surface area contributed by atoms with Crippen LogP contribution in [0.4, 0.5) is 0 Å². The number of nitrogens with zero attached hydrogens (tertiary/aromatic N) is 2. The third kappa shape index (κ3) is 1.64. The highest BCUT2D eigenvalue weighted by molar-refractivity contribution is 6.62. The second-order valence-electron chi connectivity index (χ2n) is 5.15. The average molecular weight is 221 g/mol. The van der Waals surface area contributed by atoms with E-state index in [9.17, 15) is 0 Å². The van der Waals surface area contributed by atoms with Crippen LogP contribution in [-0.4, -0.2) is 28.1 Å². The molecule has 0 aliphatic carbocycles. The van der Waals surface area contributed by atoms with Crippen molar-refractivity contribution in [2.24, 2.45) is 7.05 Å². The van der Waals surface area contributed by atoms with Crippen LogP contribution in [0.1, 0.15) is 26.5 Å². The predicted molar refractivity (Wildman–Crippen MR) is 63.3 cm³/mol. The van der Waals surface area contributed by atoms with Crippen LogP contribution in [0.15, 0.2) is 6.20 Å². The van der Waals surface area contributed by atoms with Gasteiger partial charge in [0.1, 0.15) is 5.60 Å². The lowest BCUT2D eigenvalue weighted by molar-refractivity contribution is 0.0262. The molecule has 1 atom stereocenters. The van der Waals surface area contributed by atoms with Crippen molar-refractivity contribution in [1.82, 2.24) is 9.78 Å². The highest BCUT2D eigenvalue weighted by Gasteiger charge is 2.57. The highest BCUT2D eigenvalue weighted by Crippen LogP contribution is 2.36. The van der Waals surface area contributed by atoms with Gasteiger partial charge < -0.3 is 9.31 Å². The number of aryl methyl sites for hydroxylation is 2. The van der Waals surface area contributed by atoms with Crippen LogP contribution in [-0.2, 0) is 16.4 Å². The van der Waals surface area contributed by atoms with Crippen molar-refractivity contribution in [2.75, 3.05) is 0 Å². The third-order valence-corrected chi connectivity index (χ3v) is 3.35. The van der Waals surface area contributed by atoms with E-state index in [4.69, 9.17) is 9.31 Å². The Morgan fingerprint density at radius 2 is 2.00 bits per heavy atom. The molecule has 1 saturated heterocycles. The first-order valence-corrected chi connectivity index (χ1v) is 5.44. The minimum Gasteiger partial charge on any atom is -0.395 e. The lowest BCUT2D eigenvalue weighted by Gasteiger charge is -2.25. The molecule has 0 saturated carbocycles. The van der Waals surface area contributed by atoms with E-state index in [-0.39, 0.29) is 7.12 Å². The van der Waals surface area contributed by atoms with E-state index < -0.39 is 11.2 Å². The molecule has 0 aromatic carbocycles. The molecule has 0 N–H and O–H groups in total. The summed E-state index contributed by atoms with van der Waals surface area (Å²) in [7, 11) is 1.52. The lowest BCUT2D eigenvalue weighted by atomic mass is 9.79. The Labute approximate surface area is 97.1 Å².